The van der Waals surface area contributed by atoms with E-state index in [1.807, 2.05) is 0 Å². The summed E-state index contributed by atoms with van der Waals surface area (Å²) in [6, 6.07) is 3.47. The zero-order chi connectivity index (χ0) is 20.0. The maximum atomic E-state index is 11.7. The number of nitrogens with one attached hydrogen (secondary N) is 1. The molecule has 3 N–H and O–H groups in total. The van der Waals surface area contributed by atoms with E-state index in [-0.39, 0.29) is 30.3 Å². The van der Waals surface area contributed by atoms with Gasteiger partial charge in [0, 0.05) is 0 Å². The summed E-state index contributed by atoms with van der Waals surface area (Å²) in [6.07, 6.45) is 0.191. The molecule has 0 saturated heterocycles. The first-order valence-electron chi connectivity index (χ1n) is 7.43. The minimum Gasteiger partial charge on any atom is -0.495 e. The Morgan fingerprint density at radius 3 is 2.42 bits per heavy atom. The van der Waals surface area contributed by atoms with Crippen LogP contribution in [0.3, 0.4) is 0 Å². The molecular weight excluding hydrogens is 388 g/mol. The van der Waals surface area contributed by atoms with Crippen molar-refractivity contribution in [3.05, 3.63) is 23.8 Å². The summed E-state index contributed by atoms with van der Waals surface area (Å²) >= 11 is 0. The molecule has 10 nitrogen and oxygen atoms in total. The number of methoxy groups -OCH3 is 1. The lowest BCUT2D eigenvalue weighted by atomic mass is 10.1. The molecule has 0 spiro atoms. The van der Waals surface area contributed by atoms with Gasteiger partial charge >= 0.3 is 6.09 Å². The molecule has 0 heterocycles. The predicted molar refractivity (Wildman–Crippen MR) is 92.8 cm³/mol. The summed E-state index contributed by atoms with van der Waals surface area (Å²) in [5.74, 6) is 0.0681. The molecule has 1 rings (SSSR count). The molecule has 0 radical (unpaired) electrons. The van der Waals surface area contributed by atoms with Crippen LogP contribution in [-0.4, -0.2) is 55.6 Å². The second-order valence-electron chi connectivity index (χ2n) is 5.28. The Morgan fingerprint density at radius 1 is 1.27 bits per heavy atom. The van der Waals surface area contributed by atoms with Crippen LogP contribution in [0.15, 0.2) is 23.1 Å². The van der Waals surface area contributed by atoms with Crippen molar-refractivity contribution in [2.45, 2.75) is 24.3 Å². The maximum Gasteiger partial charge on any atom is 0.407 e. The van der Waals surface area contributed by atoms with Crippen LogP contribution in [0.4, 0.5) is 4.79 Å². The lowest BCUT2D eigenvalue weighted by Crippen LogP contribution is -2.40. The summed E-state index contributed by atoms with van der Waals surface area (Å²) < 4.78 is 60.2. The van der Waals surface area contributed by atoms with Gasteiger partial charge in [-0.1, -0.05) is 6.07 Å². The average Bonchev–Trinajstić information content (AvgIpc) is 2.51. The highest BCUT2D eigenvalue weighted by Crippen LogP contribution is 2.24. The Bertz CT molecular complexity index is 837. The molecule has 0 aliphatic heterocycles. The number of ether oxygens (including phenoxy) is 2. The quantitative estimate of drug-likeness (QED) is 0.539. The number of hydrogen-bond acceptors (Lipinski definition) is 8. The highest BCUT2D eigenvalue weighted by molar-refractivity contribution is 7.89. The van der Waals surface area contributed by atoms with Crippen molar-refractivity contribution in [2.24, 2.45) is 5.14 Å². The number of alkyl carbamates (subject to hydrolysis) is 1. The third-order valence-electron chi connectivity index (χ3n) is 3.10. The minimum absolute atomic E-state index is 0.0681. The Balaban J connectivity index is 3.07. The maximum absolute atomic E-state index is 11.7. The van der Waals surface area contributed by atoms with Crippen molar-refractivity contribution in [1.29, 1.82) is 0 Å². The second-order valence-corrected chi connectivity index (χ2v) is 8.46. The molecule has 1 amide bonds. The monoisotopic (exact) mass is 410 g/mol. The van der Waals surface area contributed by atoms with Gasteiger partial charge in [0.05, 0.1) is 32.6 Å². The topological polar surface area (TPSA) is 151 Å². The summed E-state index contributed by atoms with van der Waals surface area (Å²) in [5.41, 5.74) is 0.466. The van der Waals surface area contributed by atoms with E-state index < -0.39 is 32.3 Å². The van der Waals surface area contributed by atoms with Gasteiger partial charge in [-0.2, -0.15) is 8.42 Å². The van der Waals surface area contributed by atoms with Gasteiger partial charge in [-0.3, -0.25) is 4.18 Å². The zero-order valence-electron chi connectivity index (χ0n) is 14.6. The molecule has 148 valence electrons. The molecule has 1 atom stereocenters. The van der Waals surface area contributed by atoms with Gasteiger partial charge in [-0.25, -0.2) is 18.4 Å². The van der Waals surface area contributed by atoms with Crippen molar-refractivity contribution >= 4 is 26.2 Å². The first kappa shape index (κ1) is 22.2. The van der Waals surface area contributed by atoms with Crippen LogP contribution in [0, 0.1) is 0 Å². The van der Waals surface area contributed by atoms with E-state index in [1.54, 1.807) is 13.0 Å². The predicted octanol–water partition coefficient (Wildman–Crippen LogP) is -0.0240. The van der Waals surface area contributed by atoms with Crippen molar-refractivity contribution in [3.63, 3.8) is 0 Å². The lowest BCUT2D eigenvalue weighted by molar-refractivity contribution is 0.142. The Labute approximate surface area is 152 Å². The molecule has 0 unspecified atom stereocenters. The van der Waals surface area contributed by atoms with Crippen LogP contribution in [-0.2, 0) is 35.5 Å². The molecule has 1 aromatic rings. The van der Waals surface area contributed by atoms with Crippen LogP contribution >= 0.6 is 0 Å². The van der Waals surface area contributed by atoms with Crippen LogP contribution in [0.1, 0.15) is 12.5 Å². The lowest BCUT2D eigenvalue weighted by Gasteiger charge is -2.18. The second kappa shape index (κ2) is 9.16. The first-order valence-corrected chi connectivity index (χ1v) is 10.8. The summed E-state index contributed by atoms with van der Waals surface area (Å²) in [5, 5.41) is 7.63. The van der Waals surface area contributed by atoms with Crippen LogP contribution in [0.5, 0.6) is 5.75 Å². The fraction of sp³-hybridized carbons (Fsp3) is 0.500. The van der Waals surface area contributed by atoms with Gasteiger partial charge in [0.1, 0.15) is 10.6 Å². The van der Waals surface area contributed by atoms with E-state index in [1.165, 1.54) is 19.2 Å². The molecule has 0 saturated carbocycles. The van der Waals surface area contributed by atoms with Gasteiger partial charge in [0.25, 0.3) is 10.1 Å². The number of amides is 1. The fourth-order valence-electron chi connectivity index (χ4n) is 2.05. The van der Waals surface area contributed by atoms with E-state index in [0.29, 0.717) is 5.56 Å². The molecule has 0 bridgehead atoms. The van der Waals surface area contributed by atoms with E-state index in [4.69, 9.17) is 18.8 Å². The van der Waals surface area contributed by atoms with E-state index >= 15 is 0 Å². The third-order valence-corrected chi connectivity index (χ3v) is 4.59. The van der Waals surface area contributed by atoms with Crippen molar-refractivity contribution in [3.8, 4) is 5.75 Å². The van der Waals surface area contributed by atoms with E-state index in [2.05, 4.69) is 5.32 Å². The van der Waals surface area contributed by atoms with Gasteiger partial charge in [-0.15, -0.1) is 0 Å². The van der Waals surface area contributed by atoms with Gasteiger partial charge in [0.15, 0.2) is 0 Å². The Hall–Kier alpha value is -1.89. The van der Waals surface area contributed by atoms with Gasteiger partial charge in [0.2, 0.25) is 10.0 Å². The largest absolute Gasteiger partial charge is 0.495 e. The number of sulfonamides is 1. The number of nitrogens with two attached hydrogens (primary N) is 1. The average molecular weight is 410 g/mol. The normalized spacial score (nSPS) is 13.1. The van der Waals surface area contributed by atoms with Crippen LogP contribution in [0.2, 0.25) is 0 Å². The number of primary sulfonamides is 1. The van der Waals surface area contributed by atoms with Crippen LogP contribution < -0.4 is 15.2 Å². The molecular formula is C14H22N2O8S2. The SMILES string of the molecule is CCOC(=O)N[C@H](COS(C)(=O)=O)Cc1ccc(OC)c(S(N)(=O)=O)c1. The van der Waals surface area contributed by atoms with Gasteiger partial charge in [-0.05, 0) is 31.0 Å². The van der Waals surface area contributed by atoms with Crippen molar-refractivity contribution in [2.75, 3.05) is 26.6 Å². The molecule has 0 aliphatic rings. The summed E-state index contributed by atoms with van der Waals surface area (Å²) in [4.78, 5) is 11.4. The smallest absolute Gasteiger partial charge is 0.407 e. The zero-order valence-corrected chi connectivity index (χ0v) is 16.2. The summed E-state index contributed by atoms with van der Waals surface area (Å²) in [7, 11) is -6.46. The number of carbonyl (C=O) groups is 1. The molecule has 0 aliphatic carbocycles. The molecule has 1 aromatic carbocycles. The van der Waals surface area contributed by atoms with E-state index in [0.717, 1.165) is 6.26 Å². The molecule has 12 heteroatoms. The van der Waals surface area contributed by atoms with Crippen LogP contribution in [0.25, 0.3) is 0 Å². The number of hydrogen-bond donors (Lipinski definition) is 2. The minimum atomic E-state index is -4.04. The van der Waals surface area contributed by atoms with Crippen molar-refractivity contribution in [1.82, 2.24) is 5.32 Å². The third kappa shape index (κ3) is 7.56. The standard InChI is InChI=1S/C14H22N2O8S2/c1-4-23-14(17)16-11(9-24-25(3,18)19)7-10-5-6-12(22-2)13(8-10)26(15,20)21/h5-6,8,11H,4,7,9H2,1-3H3,(H,16,17)(H2,15,20,21)/t11-/m0/s1. The molecule has 26 heavy (non-hydrogen) atoms. The summed E-state index contributed by atoms with van der Waals surface area (Å²) in [6.45, 7) is 1.39. The molecule has 0 fully saturated rings. The molecule has 0 aromatic heterocycles. The fourth-order valence-corrected chi connectivity index (χ4v) is 3.21. The van der Waals surface area contributed by atoms with Crippen molar-refractivity contribution < 1.29 is 35.3 Å². The number of rotatable bonds is 9. The highest BCUT2D eigenvalue weighted by atomic mass is 32.2. The van der Waals surface area contributed by atoms with Gasteiger partial charge < -0.3 is 14.8 Å². The van der Waals surface area contributed by atoms with E-state index in [9.17, 15) is 21.6 Å². The first-order chi connectivity index (χ1) is 12.0. The Kier molecular flexibility index (Phi) is 7.81. The number of carbonyl (C=O) groups excluding carboxylic acids is 1. The highest BCUT2D eigenvalue weighted by Gasteiger charge is 2.20. The Morgan fingerprint density at radius 2 is 1.92 bits per heavy atom. The number of benzene rings is 1.